The molecular weight excluding hydrogens is 306 g/mol. The van der Waals surface area contributed by atoms with Crippen LogP contribution in [0, 0.1) is 6.92 Å². The molecule has 0 aliphatic carbocycles. The number of ether oxygens (including phenoxy) is 1. The van der Waals surface area contributed by atoms with Crippen LogP contribution in [0.2, 0.25) is 0 Å². The summed E-state index contributed by atoms with van der Waals surface area (Å²) >= 11 is 0. The van der Waals surface area contributed by atoms with E-state index < -0.39 is 6.03 Å². The molecule has 0 saturated carbocycles. The molecule has 3 rings (SSSR count). The van der Waals surface area contributed by atoms with Gasteiger partial charge in [0.15, 0.2) is 0 Å². The first-order valence-electron chi connectivity index (χ1n) is 7.36. The van der Waals surface area contributed by atoms with Crippen molar-refractivity contribution < 1.29 is 9.53 Å². The first-order valence-corrected chi connectivity index (χ1v) is 7.36. The van der Waals surface area contributed by atoms with Crippen LogP contribution in [0.4, 0.5) is 16.4 Å². The van der Waals surface area contributed by atoms with E-state index in [1.165, 1.54) is 0 Å². The van der Waals surface area contributed by atoms with E-state index in [2.05, 4.69) is 20.6 Å². The molecule has 2 amide bonds. The van der Waals surface area contributed by atoms with Gasteiger partial charge in [0.2, 0.25) is 11.8 Å². The van der Waals surface area contributed by atoms with Crippen LogP contribution in [0.3, 0.4) is 0 Å². The van der Waals surface area contributed by atoms with Gasteiger partial charge in [-0.25, -0.2) is 9.78 Å². The number of rotatable bonds is 4. The van der Waals surface area contributed by atoms with Crippen molar-refractivity contribution in [2.24, 2.45) is 5.73 Å². The fourth-order valence-electron chi connectivity index (χ4n) is 2.42. The number of hydrogen-bond acceptors (Lipinski definition) is 5. The summed E-state index contributed by atoms with van der Waals surface area (Å²) in [5, 5.41) is 7.18. The lowest BCUT2D eigenvalue weighted by atomic mass is 10.1. The van der Waals surface area contributed by atoms with Gasteiger partial charge in [-0.1, -0.05) is 24.3 Å². The minimum Gasteiger partial charge on any atom is -0.438 e. The molecule has 24 heavy (non-hydrogen) atoms. The average Bonchev–Trinajstić information content (AvgIpc) is 2.56. The zero-order valence-electron chi connectivity index (χ0n) is 13.3. The summed E-state index contributed by atoms with van der Waals surface area (Å²) in [5.74, 6) is 1.55. The second-order valence-corrected chi connectivity index (χ2v) is 5.17. The number of nitrogens with zero attached hydrogens (tertiary/aromatic N) is 2. The van der Waals surface area contributed by atoms with Crippen LogP contribution in [-0.2, 0) is 0 Å². The van der Waals surface area contributed by atoms with Crippen LogP contribution >= 0.6 is 0 Å². The highest BCUT2D eigenvalue weighted by Gasteiger charge is 2.10. The third kappa shape index (κ3) is 3.19. The maximum absolute atomic E-state index is 11.2. The number of anilines is 2. The van der Waals surface area contributed by atoms with Crippen molar-refractivity contribution in [1.29, 1.82) is 0 Å². The van der Waals surface area contributed by atoms with E-state index in [0.717, 1.165) is 16.5 Å². The van der Waals surface area contributed by atoms with Gasteiger partial charge in [0, 0.05) is 29.6 Å². The van der Waals surface area contributed by atoms with Crippen LogP contribution in [-0.4, -0.2) is 23.0 Å². The predicted octanol–water partition coefficient (Wildman–Crippen LogP) is 3.26. The Kier molecular flexibility index (Phi) is 4.15. The Balaban J connectivity index is 2.04. The summed E-state index contributed by atoms with van der Waals surface area (Å²) < 4.78 is 5.94. The van der Waals surface area contributed by atoms with E-state index in [4.69, 9.17) is 10.5 Å². The maximum atomic E-state index is 11.2. The minimum atomic E-state index is -0.612. The van der Waals surface area contributed by atoms with Gasteiger partial charge in [0.05, 0.1) is 5.69 Å². The summed E-state index contributed by atoms with van der Waals surface area (Å²) in [6.07, 6.45) is 0. The highest BCUT2D eigenvalue weighted by molar-refractivity contribution is 6.03. The minimum absolute atomic E-state index is 0.438. The van der Waals surface area contributed by atoms with Crippen LogP contribution in [0.5, 0.6) is 11.6 Å². The van der Waals surface area contributed by atoms with Crippen molar-refractivity contribution in [2.75, 3.05) is 17.7 Å². The van der Waals surface area contributed by atoms with E-state index in [9.17, 15) is 4.79 Å². The lowest BCUT2D eigenvalue weighted by Crippen LogP contribution is -2.19. The van der Waals surface area contributed by atoms with Crippen LogP contribution in [0.1, 0.15) is 5.69 Å². The number of amides is 2. The molecule has 0 bridgehead atoms. The van der Waals surface area contributed by atoms with Crippen molar-refractivity contribution in [3.05, 3.63) is 48.2 Å². The number of aromatic nitrogens is 2. The van der Waals surface area contributed by atoms with Crippen LogP contribution in [0.25, 0.3) is 10.8 Å². The van der Waals surface area contributed by atoms with E-state index >= 15 is 0 Å². The van der Waals surface area contributed by atoms with Gasteiger partial charge < -0.3 is 21.1 Å². The summed E-state index contributed by atoms with van der Waals surface area (Å²) in [7, 11) is 1.75. The molecule has 0 spiro atoms. The monoisotopic (exact) mass is 323 g/mol. The SMILES string of the molecule is CNc1nc(C)cc(Oc2ccc(NC(N)=O)c3ccccc23)n1. The molecule has 122 valence electrons. The molecule has 4 N–H and O–H groups in total. The quantitative estimate of drug-likeness (QED) is 0.684. The molecule has 0 radical (unpaired) electrons. The predicted molar refractivity (Wildman–Crippen MR) is 93.5 cm³/mol. The number of urea groups is 1. The van der Waals surface area contributed by atoms with E-state index in [0.29, 0.717) is 23.3 Å². The third-order valence-electron chi connectivity index (χ3n) is 3.41. The van der Waals surface area contributed by atoms with Crippen LogP contribution in [0.15, 0.2) is 42.5 Å². The molecule has 0 unspecified atom stereocenters. The average molecular weight is 323 g/mol. The molecule has 7 heteroatoms. The number of benzene rings is 2. The van der Waals surface area contributed by atoms with Gasteiger partial charge in [0.25, 0.3) is 0 Å². The Bertz CT molecular complexity index is 911. The Morgan fingerprint density at radius 3 is 2.58 bits per heavy atom. The number of primary amides is 1. The second kappa shape index (κ2) is 6.41. The molecule has 7 nitrogen and oxygen atoms in total. The van der Waals surface area contributed by atoms with Crippen molar-refractivity contribution in [3.8, 4) is 11.6 Å². The zero-order chi connectivity index (χ0) is 17.1. The first kappa shape index (κ1) is 15.5. The number of nitrogens with one attached hydrogen (secondary N) is 2. The number of carbonyl (C=O) groups excluding carboxylic acids is 1. The number of aryl methyl sites for hydroxylation is 1. The van der Waals surface area contributed by atoms with Gasteiger partial charge in [0.1, 0.15) is 5.75 Å². The Morgan fingerprint density at radius 1 is 1.12 bits per heavy atom. The molecule has 0 aliphatic heterocycles. The molecule has 3 aromatic rings. The molecule has 0 atom stereocenters. The normalized spacial score (nSPS) is 10.4. The van der Waals surface area contributed by atoms with Gasteiger partial charge >= 0.3 is 6.03 Å². The van der Waals surface area contributed by atoms with Crippen molar-refractivity contribution in [1.82, 2.24) is 9.97 Å². The number of fused-ring (bicyclic) bond motifs is 1. The van der Waals surface area contributed by atoms with E-state index in [-0.39, 0.29) is 0 Å². The van der Waals surface area contributed by atoms with E-state index in [1.807, 2.05) is 31.2 Å². The molecule has 1 heterocycles. The largest absolute Gasteiger partial charge is 0.438 e. The summed E-state index contributed by atoms with van der Waals surface area (Å²) in [6.45, 7) is 1.87. The number of carbonyl (C=O) groups is 1. The number of hydrogen-bond donors (Lipinski definition) is 3. The fraction of sp³-hybridized carbons (Fsp3) is 0.118. The second-order valence-electron chi connectivity index (χ2n) is 5.17. The third-order valence-corrected chi connectivity index (χ3v) is 3.41. The standard InChI is InChI=1S/C17H17N5O2/c1-10-9-15(22-17(19-2)20-10)24-14-8-7-13(21-16(18)23)11-5-3-4-6-12(11)14/h3-9H,1-2H3,(H3,18,21,23)(H,19,20,22). The van der Waals surface area contributed by atoms with Crippen LogP contribution < -0.4 is 21.1 Å². The lowest BCUT2D eigenvalue weighted by molar-refractivity contribution is 0.259. The summed E-state index contributed by atoms with van der Waals surface area (Å²) in [5.41, 5.74) is 6.64. The fourth-order valence-corrected chi connectivity index (χ4v) is 2.42. The molecular formula is C17H17N5O2. The summed E-state index contributed by atoms with van der Waals surface area (Å²) in [4.78, 5) is 19.7. The number of nitrogens with two attached hydrogens (primary N) is 1. The smallest absolute Gasteiger partial charge is 0.316 e. The highest BCUT2D eigenvalue weighted by Crippen LogP contribution is 2.34. The maximum Gasteiger partial charge on any atom is 0.316 e. The van der Waals surface area contributed by atoms with E-state index in [1.54, 1.807) is 25.2 Å². The van der Waals surface area contributed by atoms with Gasteiger partial charge in [-0.05, 0) is 19.1 Å². The van der Waals surface area contributed by atoms with Gasteiger partial charge in [-0.15, -0.1) is 0 Å². The molecule has 1 aromatic heterocycles. The molecule has 2 aromatic carbocycles. The Hall–Kier alpha value is -3.35. The molecule has 0 fully saturated rings. The van der Waals surface area contributed by atoms with Crippen molar-refractivity contribution >= 4 is 28.4 Å². The highest BCUT2D eigenvalue weighted by atomic mass is 16.5. The zero-order valence-corrected chi connectivity index (χ0v) is 13.3. The molecule has 0 saturated heterocycles. The Morgan fingerprint density at radius 2 is 1.88 bits per heavy atom. The Labute approximate surface area is 138 Å². The van der Waals surface area contributed by atoms with Gasteiger partial charge in [-0.2, -0.15) is 4.98 Å². The topological polar surface area (TPSA) is 102 Å². The van der Waals surface area contributed by atoms with Crippen molar-refractivity contribution in [2.45, 2.75) is 6.92 Å². The van der Waals surface area contributed by atoms with Gasteiger partial charge in [-0.3, -0.25) is 0 Å². The molecule has 0 aliphatic rings. The summed E-state index contributed by atoms with van der Waals surface area (Å²) in [6, 6.07) is 12.2. The first-order chi connectivity index (χ1) is 11.6. The lowest BCUT2D eigenvalue weighted by Gasteiger charge is -2.12. The van der Waals surface area contributed by atoms with Crippen molar-refractivity contribution in [3.63, 3.8) is 0 Å².